The third kappa shape index (κ3) is 3.48. The fourth-order valence-corrected chi connectivity index (χ4v) is 2.06. The van der Waals surface area contributed by atoms with Gasteiger partial charge in [0.15, 0.2) is 0 Å². The first-order valence-electron chi connectivity index (χ1n) is 4.87. The van der Waals surface area contributed by atoms with Crippen LogP contribution in [0.3, 0.4) is 0 Å². The number of hydrogen-bond donors (Lipinski definition) is 2. The van der Waals surface area contributed by atoms with Gasteiger partial charge >= 0.3 is 0 Å². The van der Waals surface area contributed by atoms with Crippen molar-refractivity contribution in [3.63, 3.8) is 0 Å². The molecule has 4 nitrogen and oxygen atoms in total. The van der Waals surface area contributed by atoms with Crippen LogP contribution < -0.4 is 10.6 Å². The summed E-state index contributed by atoms with van der Waals surface area (Å²) in [6, 6.07) is -0.666. The molecule has 0 bridgehead atoms. The van der Waals surface area contributed by atoms with Crippen molar-refractivity contribution in [2.75, 3.05) is 5.75 Å². The summed E-state index contributed by atoms with van der Waals surface area (Å²) in [4.78, 5) is 22.5. The fraction of sp³-hybridized carbons (Fsp3) is 0.600. The lowest BCUT2D eigenvalue weighted by Crippen LogP contribution is -2.46. The lowest BCUT2D eigenvalue weighted by atomic mass is 10.1. The maximum atomic E-state index is 11.6. The van der Waals surface area contributed by atoms with Crippen LogP contribution >= 0.6 is 11.8 Å². The second kappa shape index (κ2) is 5.66. The van der Waals surface area contributed by atoms with E-state index in [0.717, 1.165) is 24.6 Å². The molecule has 0 aromatic carbocycles. The number of thioether (sulfide) groups is 1. The first-order chi connectivity index (χ1) is 7.17. The van der Waals surface area contributed by atoms with Gasteiger partial charge in [0.2, 0.25) is 5.91 Å². The van der Waals surface area contributed by atoms with E-state index < -0.39 is 6.04 Å². The Morgan fingerprint density at radius 1 is 1.87 bits per heavy atom. The van der Waals surface area contributed by atoms with E-state index in [9.17, 15) is 9.59 Å². The van der Waals surface area contributed by atoms with E-state index in [-0.39, 0.29) is 17.2 Å². The molecule has 0 spiro atoms. The Balaban J connectivity index is 2.41. The molecular weight excluding hydrogens is 212 g/mol. The van der Waals surface area contributed by atoms with E-state index >= 15 is 0 Å². The van der Waals surface area contributed by atoms with E-state index in [0.29, 0.717) is 5.75 Å². The van der Waals surface area contributed by atoms with Crippen LogP contribution in [0.2, 0.25) is 0 Å². The Morgan fingerprint density at radius 2 is 2.60 bits per heavy atom. The minimum Gasteiger partial charge on any atom is -0.341 e. The average molecular weight is 226 g/mol. The Kier molecular flexibility index (Phi) is 4.50. The minimum absolute atomic E-state index is 0.150. The van der Waals surface area contributed by atoms with Gasteiger partial charge in [0.25, 0.3) is 5.24 Å². The normalized spacial score (nSPS) is 21.6. The summed E-state index contributed by atoms with van der Waals surface area (Å²) in [7, 11) is 0. The molecule has 1 aliphatic rings. The third-order valence-electron chi connectivity index (χ3n) is 2.08. The van der Waals surface area contributed by atoms with Gasteiger partial charge in [-0.3, -0.25) is 9.59 Å². The van der Waals surface area contributed by atoms with E-state index in [4.69, 9.17) is 6.42 Å². The molecule has 82 valence electrons. The Labute approximate surface area is 93.6 Å². The zero-order valence-corrected chi connectivity index (χ0v) is 9.39. The summed E-state index contributed by atoms with van der Waals surface area (Å²) in [5, 5.41) is 5.15. The Bertz CT molecular complexity index is 298. The summed E-state index contributed by atoms with van der Waals surface area (Å²) < 4.78 is 0. The summed E-state index contributed by atoms with van der Waals surface area (Å²) in [5.74, 6) is 2.81. The van der Waals surface area contributed by atoms with Crippen LogP contribution in [-0.2, 0) is 4.79 Å². The largest absolute Gasteiger partial charge is 0.341 e. The van der Waals surface area contributed by atoms with Crippen LogP contribution in [0.15, 0.2) is 0 Å². The molecule has 2 N–H and O–H groups in total. The summed E-state index contributed by atoms with van der Waals surface area (Å²) in [6.45, 7) is 2.00. The van der Waals surface area contributed by atoms with Crippen molar-refractivity contribution in [1.29, 1.82) is 0 Å². The van der Waals surface area contributed by atoms with Gasteiger partial charge in [0.05, 0.1) is 6.04 Å². The van der Waals surface area contributed by atoms with Crippen LogP contribution in [0, 0.1) is 12.3 Å². The molecule has 15 heavy (non-hydrogen) atoms. The van der Waals surface area contributed by atoms with Crippen LogP contribution in [0.25, 0.3) is 0 Å². The predicted octanol–water partition coefficient (Wildman–Crippen LogP) is 0.729. The van der Waals surface area contributed by atoms with Crippen molar-refractivity contribution >= 4 is 22.9 Å². The van der Waals surface area contributed by atoms with E-state index in [1.54, 1.807) is 0 Å². The zero-order chi connectivity index (χ0) is 11.3. The first kappa shape index (κ1) is 11.9. The van der Waals surface area contributed by atoms with Gasteiger partial charge in [-0.25, -0.2) is 0 Å². The number of carbonyl (C=O) groups excluding carboxylic acids is 2. The zero-order valence-electron chi connectivity index (χ0n) is 8.58. The molecule has 1 rings (SSSR count). The summed E-state index contributed by atoms with van der Waals surface area (Å²) in [6.07, 6.45) is 6.95. The lowest BCUT2D eigenvalue weighted by molar-refractivity contribution is -0.122. The molecule has 0 aromatic rings. The van der Waals surface area contributed by atoms with Crippen molar-refractivity contribution in [1.82, 2.24) is 10.6 Å². The lowest BCUT2D eigenvalue weighted by Gasteiger charge is -2.15. The second-order valence-corrected chi connectivity index (χ2v) is 4.30. The van der Waals surface area contributed by atoms with Gasteiger partial charge in [0.1, 0.15) is 6.04 Å². The van der Waals surface area contributed by atoms with Gasteiger partial charge in [-0.05, 0) is 6.42 Å². The number of hydrogen-bond acceptors (Lipinski definition) is 3. The molecule has 5 heteroatoms. The number of terminal acetylenes is 1. The van der Waals surface area contributed by atoms with Crippen molar-refractivity contribution in [2.24, 2.45) is 0 Å². The predicted molar refractivity (Wildman–Crippen MR) is 60.4 cm³/mol. The maximum Gasteiger partial charge on any atom is 0.279 e. The van der Waals surface area contributed by atoms with Crippen molar-refractivity contribution in [3.05, 3.63) is 0 Å². The monoisotopic (exact) mass is 226 g/mol. The Morgan fingerprint density at radius 3 is 3.07 bits per heavy atom. The highest BCUT2D eigenvalue weighted by Gasteiger charge is 2.28. The highest BCUT2D eigenvalue weighted by atomic mass is 32.2. The first-order valence-corrected chi connectivity index (χ1v) is 5.85. The average Bonchev–Trinajstić information content (AvgIpc) is 2.64. The van der Waals surface area contributed by atoms with E-state index in [1.807, 2.05) is 6.92 Å². The highest BCUT2D eigenvalue weighted by molar-refractivity contribution is 8.14. The standard InChI is InChI=1S/C10H14N2O2S/c1-3-5-7(4-2)11-9(13)8-6-15-10(14)12-8/h2,7-8H,3,5-6H2,1H3,(H,11,13)(H,12,14). The smallest absolute Gasteiger partial charge is 0.279 e. The molecule has 1 fully saturated rings. The molecular formula is C10H14N2O2S. The van der Waals surface area contributed by atoms with Crippen LogP contribution in [0.4, 0.5) is 4.79 Å². The number of nitrogens with one attached hydrogen (secondary N) is 2. The second-order valence-electron chi connectivity index (χ2n) is 3.31. The molecule has 0 aromatic heterocycles. The van der Waals surface area contributed by atoms with Crippen molar-refractivity contribution < 1.29 is 9.59 Å². The van der Waals surface area contributed by atoms with Crippen molar-refractivity contribution in [3.8, 4) is 12.3 Å². The van der Waals surface area contributed by atoms with Crippen molar-refractivity contribution in [2.45, 2.75) is 31.8 Å². The SMILES string of the molecule is C#CC(CCC)NC(=O)C1CSC(=O)N1. The van der Waals surface area contributed by atoms with E-state index in [1.165, 1.54) is 0 Å². The molecule has 0 aliphatic carbocycles. The topological polar surface area (TPSA) is 58.2 Å². The molecule has 0 saturated carbocycles. The van der Waals surface area contributed by atoms with Gasteiger partial charge < -0.3 is 10.6 Å². The molecule has 1 saturated heterocycles. The molecule has 0 radical (unpaired) electrons. The fourth-order valence-electron chi connectivity index (χ4n) is 1.28. The molecule has 1 aliphatic heterocycles. The highest BCUT2D eigenvalue weighted by Crippen LogP contribution is 2.13. The Hall–Kier alpha value is -1.15. The molecule has 2 atom stereocenters. The summed E-state index contributed by atoms with van der Waals surface area (Å²) >= 11 is 1.12. The molecule has 1 heterocycles. The summed E-state index contributed by atoms with van der Waals surface area (Å²) in [5.41, 5.74) is 0. The van der Waals surface area contributed by atoms with Gasteiger partial charge in [-0.1, -0.05) is 31.0 Å². The van der Waals surface area contributed by atoms with Crippen LogP contribution in [0.1, 0.15) is 19.8 Å². The quantitative estimate of drug-likeness (QED) is 0.695. The van der Waals surface area contributed by atoms with Crippen LogP contribution in [0.5, 0.6) is 0 Å². The number of amides is 2. The van der Waals surface area contributed by atoms with Gasteiger partial charge in [-0.15, -0.1) is 6.42 Å². The molecule has 2 amide bonds. The third-order valence-corrected chi connectivity index (χ3v) is 2.96. The van der Waals surface area contributed by atoms with Gasteiger partial charge in [-0.2, -0.15) is 0 Å². The number of carbonyl (C=O) groups is 2. The van der Waals surface area contributed by atoms with Gasteiger partial charge in [0, 0.05) is 5.75 Å². The minimum atomic E-state index is -0.435. The van der Waals surface area contributed by atoms with E-state index in [2.05, 4.69) is 16.6 Å². The molecule has 2 unspecified atom stereocenters. The maximum absolute atomic E-state index is 11.6. The van der Waals surface area contributed by atoms with Crippen LogP contribution in [-0.4, -0.2) is 29.0 Å². The number of rotatable bonds is 4.